The van der Waals surface area contributed by atoms with Gasteiger partial charge in [0.15, 0.2) is 0 Å². The average Bonchev–Trinajstić information content (AvgIpc) is 2.46. The predicted octanol–water partition coefficient (Wildman–Crippen LogP) is 3.32. The minimum Gasteiger partial charge on any atom is -0.341 e. The van der Waals surface area contributed by atoms with Crippen LogP contribution in [0.25, 0.3) is 0 Å². The molecule has 1 amide bonds. The quantitative estimate of drug-likeness (QED) is 0.924. The Morgan fingerprint density at radius 1 is 1.33 bits per heavy atom. The maximum absolute atomic E-state index is 12.8. The second-order valence-corrected chi connectivity index (χ2v) is 7.01. The van der Waals surface area contributed by atoms with Gasteiger partial charge in [0.25, 0.3) is 0 Å². The molecule has 21 heavy (non-hydrogen) atoms. The van der Waals surface area contributed by atoms with Crippen molar-refractivity contribution < 1.29 is 4.79 Å². The number of rotatable bonds is 4. The van der Waals surface area contributed by atoms with E-state index in [4.69, 9.17) is 5.73 Å². The highest BCUT2D eigenvalue weighted by Crippen LogP contribution is 2.41. The second kappa shape index (κ2) is 6.61. The molecule has 0 saturated heterocycles. The molecule has 0 heterocycles. The van der Waals surface area contributed by atoms with Crippen molar-refractivity contribution in [2.75, 3.05) is 7.05 Å². The smallest absolute Gasteiger partial charge is 0.226 e. The Labute approximate surface area is 128 Å². The summed E-state index contributed by atoms with van der Waals surface area (Å²) in [6.45, 7) is 5.68. The van der Waals surface area contributed by atoms with Gasteiger partial charge < -0.3 is 10.6 Å². The molecule has 0 aromatic heterocycles. The predicted molar refractivity (Wildman–Crippen MR) is 86.5 cm³/mol. The van der Waals surface area contributed by atoms with E-state index in [2.05, 4.69) is 26.0 Å². The summed E-state index contributed by atoms with van der Waals surface area (Å²) >= 11 is 0. The molecule has 1 fully saturated rings. The summed E-state index contributed by atoms with van der Waals surface area (Å²) in [6, 6.07) is 8.20. The van der Waals surface area contributed by atoms with Gasteiger partial charge in [0, 0.05) is 26.1 Å². The summed E-state index contributed by atoms with van der Waals surface area (Å²) in [5.41, 5.74) is 8.08. The number of benzene rings is 1. The van der Waals surface area contributed by atoms with Gasteiger partial charge >= 0.3 is 0 Å². The molecule has 2 N–H and O–H groups in total. The second-order valence-electron chi connectivity index (χ2n) is 7.01. The van der Waals surface area contributed by atoms with E-state index < -0.39 is 0 Å². The lowest BCUT2D eigenvalue weighted by molar-refractivity contribution is -0.140. The Morgan fingerprint density at radius 3 is 2.71 bits per heavy atom. The van der Waals surface area contributed by atoms with E-state index in [-0.39, 0.29) is 17.2 Å². The third-order valence-electron chi connectivity index (χ3n) is 4.83. The highest BCUT2D eigenvalue weighted by Gasteiger charge is 2.38. The Bertz CT molecular complexity index is 496. The van der Waals surface area contributed by atoms with Gasteiger partial charge in [0.05, 0.1) is 0 Å². The van der Waals surface area contributed by atoms with Crippen molar-refractivity contribution in [2.45, 2.75) is 52.6 Å². The molecule has 3 heteroatoms. The Hall–Kier alpha value is -1.35. The van der Waals surface area contributed by atoms with Gasteiger partial charge in [0.1, 0.15) is 0 Å². The Morgan fingerprint density at radius 2 is 2.05 bits per heavy atom. The molecule has 3 nitrogen and oxygen atoms in total. The van der Waals surface area contributed by atoms with Gasteiger partial charge in [-0.2, -0.15) is 0 Å². The number of carbonyl (C=O) groups excluding carboxylic acids is 1. The molecule has 0 spiro atoms. The van der Waals surface area contributed by atoms with Crippen LogP contribution < -0.4 is 5.73 Å². The Kier molecular flexibility index (Phi) is 5.04. The van der Waals surface area contributed by atoms with Crippen LogP contribution in [0.15, 0.2) is 24.3 Å². The number of hydrogen-bond acceptors (Lipinski definition) is 2. The van der Waals surface area contributed by atoms with Crippen molar-refractivity contribution >= 4 is 5.91 Å². The largest absolute Gasteiger partial charge is 0.341 e. The minimum atomic E-state index is 0.128. The van der Waals surface area contributed by atoms with Gasteiger partial charge in [-0.25, -0.2) is 0 Å². The van der Waals surface area contributed by atoms with E-state index in [1.807, 2.05) is 24.1 Å². The maximum Gasteiger partial charge on any atom is 0.226 e. The standard InChI is InChI=1S/C18H28N2O/c1-18(2)10-5-4-9-16(18)17(21)20(3)13-15-8-6-7-14(11-15)12-19/h6-8,11,16H,4-5,9-10,12-13,19H2,1-3H3. The number of hydrogen-bond donors (Lipinski definition) is 1. The van der Waals surface area contributed by atoms with E-state index in [0.717, 1.165) is 24.0 Å². The average molecular weight is 288 g/mol. The molecule has 1 aromatic carbocycles. The lowest BCUT2D eigenvalue weighted by Crippen LogP contribution is -2.41. The maximum atomic E-state index is 12.8. The fraction of sp³-hybridized carbons (Fsp3) is 0.611. The van der Waals surface area contributed by atoms with E-state index >= 15 is 0 Å². The highest BCUT2D eigenvalue weighted by molar-refractivity contribution is 5.79. The molecule has 0 radical (unpaired) electrons. The van der Waals surface area contributed by atoms with Crippen LogP contribution in [0.1, 0.15) is 50.7 Å². The van der Waals surface area contributed by atoms with Crippen LogP contribution >= 0.6 is 0 Å². The fourth-order valence-electron chi connectivity index (χ4n) is 3.42. The normalized spacial score (nSPS) is 21.0. The molecule has 1 aliphatic rings. The van der Waals surface area contributed by atoms with Crippen molar-refractivity contribution in [3.05, 3.63) is 35.4 Å². The summed E-state index contributed by atoms with van der Waals surface area (Å²) in [7, 11) is 1.92. The van der Waals surface area contributed by atoms with E-state index in [1.165, 1.54) is 12.8 Å². The lowest BCUT2D eigenvalue weighted by Gasteiger charge is -2.39. The van der Waals surface area contributed by atoms with Gasteiger partial charge in [-0.05, 0) is 29.4 Å². The molecule has 0 bridgehead atoms. The number of nitrogens with zero attached hydrogens (tertiary/aromatic N) is 1. The first-order valence-electron chi connectivity index (χ1n) is 7.97. The van der Waals surface area contributed by atoms with Crippen molar-refractivity contribution in [3.63, 3.8) is 0 Å². The van der Waals surface area contributed by atoms with Crippen molar-refractivity contribution in [1.82, 2.24) is 4.90 Å². The number of nitrogens with two attached hydrogens (primary N) is 1. The molecule has 1 saturated carbocycles. The van der Waals surface area contributed by atoms with Gasteiger partial charge in [-0.3, -0.25) is 4.79 Å². The zero-order valence-electron chi connectivity index (χ0n) is 13.6. The molecule has 0 aliphatic heterocycles. The zero-order chi connectivity index (χ0) is 15.5. The van der Waals surface area contributed by atoms with E-state index in [1.54, 1.807) is 0 Å². The third kappa shape index (κ3) is 3.85. The first-order chi connectivity index (χ1) is 9.94. The van der Waals surface area contributed by atoms with Crippen molar-refractivity contribution in [3.8, 4) is 0 Å². The lowest BCUT2D eigenvalue weighted by atomic mass is 9.68. The molecule has 1 aromatic rings. The fourth-order valence-corrected chi connectivity index (χ4v) is 3.42. The molecule has 1 unspecified atom stereocenters. The topological polar surface area (TPSA) is 46.3 Å². The van der Waals surface area contributed by atoms with Crippen LogP contribution in [-0.2, 0) is 17.9 Å². The van der Waals surface area contributed by atoms with Crippen LogP contribution in [0.4, 0.5) is 0 Å². The molecular formula is C18H28N2O. The summed E-state index contributed by atoms with van der Waals surface area (Å²) in [5, 5.41) is 0. The van der Waals surface area contributed by atoms with Crippen LogP contribution in [0.2, 0.25) is 0 Å². The number of carbonyl (C=O) groups is 1. The van der Waals surface area contributed by atoms with Crippen LogP contribution in [0, 0.1) is 11.3 Å². The van der Waals surface area contributed by atoms with Gasteiger partial charge in [-0.1, -0.05) is 51.0 Å². The molecule has 2 rings (SSSR count). The first-order valence-corrected chi connectivity index (χ1v) is 7.97. The Balaban J connectivity index is 2.05. The first kappa shape index (κ1) is 16.0. The summed E-state index contributed by atoms with van der Waals surface area (Å²) < 4.78 is 0. The van der Waals surface area contributed by atoms with Crippen molar-refractivity contribution in [2.24, 2.45) is 17.1 Å². The minimum absolute atomic E-state index is 0.128. The van der Waals surface area contributed by atoms with Crippen LogP contribution in [0.5, 0.6) is 0 Å². The monoisotopic (exact) mass is 288 g/mol. The number of amides is 1. The van der Waals surface area contributed by atoms with Gasteiger partial charge in [0.2, 0.25) is 5.91 Å². The molecule has 1 aliphatic carbocycles. The molecule has 116 valence electrons. The van der Waals surface area contributed by atoms with Gasteiger partial charge in [-0.15, -0.1) is 0 Å². The molecule has 1 atom stereocenters. The third-order valence-corrected chi connectivity index (χ3v) is 4.83. The van der Waals surface area contributed by atoms with E-state index in [0.29, 0.717) is 13.1 Å². The zero-order valence-corrected chi connectivity index (χ0v) is 13.6. The summed E-state index contributed by atoms with van der Waals surface area (Å²) in [4.78, 5) is 14.7. The van der Waals surface area contributed by atoms with Crippen LogP contribution in [0.3, 0.4) is 0 Å². The van der Waals surface area contributed by atoms with E-state index in [9.17, 15) is 4.79 Å². The highest BCUT2D eigenvalue weighted by atomic mass is 16.2. The summed E-state index contributed by atoms with van der Waals surface area (Å²) in [5.74, 6) is 0.451. The van der Waals surface area contributed by atoms with Crippen molar-refractivity contribution in [1.29, 1.82) is 0 Å². The summed E-state index contributed by atoms with van der Waals surface area (Å²) in [6.07, 6.45) is 4.61. The van der Waals surface area contributed by atoms with Crippen LogP contribution in [-0.4, -0.2) is 17.9 Å². The molecular weight excluding hydrogens is 260 g/mol. The SMILES string of the molecule is CN(Cc1cccc(CN)c1)C(=O)C1CCCCC1(C)C.